The maximum absolute atomic E-state index is 2.60. The third-order valence-electron chi connectivity index (χ3n) is 7.93. The molecule has 6 atom stereocenters. The van der Waals surface area contributed by atoms with E-state index in [-0.39, 0.29) is 0 Å². The second-order valence-corrected chi connectivity index (χ2v) is 11.2. The molecule has 3 aliphatic rings. The van der Waals surface area contributed by atoms with Gasteiger partial charge >= 0.3 is 0 Å². The van der Waals surface area contributed by atoms with Crippen LogP contribution in [0.1, 0.15) is 111 Å². The summed E-state index contributed by atoms with van der Waals surface area (Å²) >= 11 is 2.46. The third-order valence-corrected chi connectivity index (χ3v) is 9.92. The largest absolute Gasteiger partial charge is 0.155 e. The van der Waals surface area contributed by atoms with Crippen molar-refractivity contribution in [1.29, 1.82) is 0 Å². The van der Waals surface area contributed by atoms with E-state index in [0.29, 0.717) is 0 Å². The number of hydrogen-bond donors (Lipinski definition) is 0. The van der Waals surface area contributed by atoms with Crippen molar-refractivity contribution in [3.63, 3.8) is 0 Å². The van der Waals surface area contributed by atoms with Gasteiger partial charge in [-0.05, 0) is 68.1 Å². The summed E-state index contributed by atoms with van der Waals surface area (Å²) in [6.45, 7) is 7.37. The van der Waals surface area contributed by atoms with Crippen LogP contribution >= 0.6 is 11.8 Å². The highest BCUT2D eigenvalue weighted by molar-refractivity contribution is 8.00. The molecule has 0 radical (unpaired) electrons. The predicted octanol–water partition coefficient (Wildman–Crippen LogP) is 8.10. The topological polar surface area (TPSA) is 0 Å². The molecule has 0 aromatic carbocycles. The summed E-state index contributed by atoms with van der Waals surface area (Å²) in [4.78, 5) is 0. The molecule has 3 fully saturated rings. The number of hydrogen-bond acceptors (Lipinski definition) is 1. The van der Waals surface area contributed by atoms with Crippen molar-refractivity contribution in [2.24, 2.45) is 29.6 Å². The Kier molecular flexibility index (Phi) is 8.08. The van der Waals surface area contributed by atoms with Gasteiger partial charge in [0.25, 0.3) is 0 Å². The maximum Gasteiger partial charge on any atom is 0.0106 e. The first-order valence-electron chi connectivity index (χ1n) is 11.9. The molecule has 0 aliphatic heterocycles. The Hall–Kier alpha value is 0.350. The summed E-state index contributed by atoms with van der Waals surface area (Å²) in [6.07, 6.45) is 21.1. The Labute approximate surface area is 162 Å². The first-order chi connectivity index (χ1) is 12.2. The smallest absolute Gasteiger partial charge is 0.0106 e. The molecule has 0 aromatic heterocycles. The van der Waals surface area contributed by atoms with Gasteiger partial charge in [0.2, 0.25) is 0 Å². The molecule has 1 heteroatoms. The lowest BCUT2D eigenvalue weighted by molar-refractivity contribution is 0.0451. The second-order valence-electron chi connectivity index (χ2n) is 9.68. The Balaban J connectivity index is 1.72. The van der Waals surface area contributed by atoms with E-state index < -0.39 is 0 Å². The minimum absolute atomic E-state index is 0.939. The molecule has 0 amide bonds. The van der Waals surface area contributed by atoms with Crippen LogP contribution < -0.4 is 0 Å². The minimum atomic E-state index is 0.939. The van der Waals surface area contributed by atoms with E-state index >= 15 is 0 Å². The summed E-state index contributed by atoms with van der Waals surface area (Å²) in [5, 5.41) is 1.91. The van der Waals surface area contributed by atoms with Gasteiger partial charge in [-0.15, -0.1) is 0 Å². The van der Waals surface area contributed by atoms with Gasteiger partial charge in [0.15, 0.2) is 0 Å². The zero-order chi connectivity index (χ0) is 17.6. The first-order valence-corrected chi connectivity index (χ1v) is 12.8. The van der Waals surface area contributed by atoms with Crippen molar-refractivity contribution in [3.8, 4) is 0 Å². The van der Waals surface area contributed by atoms with Crippen LogP contribution in [0.2, 0.25) is 0 Å². The number of rotatable bonds is 7. The normalized spacial score (nSPS) is 39.4. The Morgan fingerprint density at radius 3 is 2.08 bits per heavy atom. The Morgan fingerprint density at radius 2 is 1.32 bits per heavy atom. The minimum Gasteiger partial charge on any atom is -0.155 e. The fraction of sp³-hybridized carbons (Fsp3) is 1.00. The van der Waals surface area contributed by atoms with E-state index in [1.807, 2.05) is 0 Å². The number of fused-ring (bicyclic) bond motifs is 1. The molecule has 25 heavy (non-hydrogen) atoms. The standard InChI is InChI=1S/C24H44S/c1-4-10-20(11-5-2)25-24-18(3)12-8-17-23(24)22-16-9-14-19-13-6-7-15-21(19)22/h18-24H,4-17H2,1-3H3. The molecular weight excluding hydrogens is 320 g/mol. The zero-order valence-electron chi connectivity index (χ0n) is 17.3. The fourth-order valence-corrected chi connectivity index (χ4v) is 8.92. The average Bonchev–Trinajstić information content (AvgIpc) is 2.63. The van der Waals surface area contributed by atoms with Crippen LogP contribution in [0.4, 0.5) is 0 Å². The third kappa shape index (κ3) is 4.99. The van der Waals surface area contributed by atoms with E-state index in [1.54, 1.807) is 38.5 Å². The van der Waals surface area contributed by atoms with Gasteiger partial charge in [0.05, 0.1) is 0 Å². The highest BCUT2D eigenvalue weighted by Gasteiger charge is 2.44. The summed E-state index contributed by atoms with van der Waals surface area (Å²) < 4.78 is 0. The van der Waals surface area contributed by atoms with E-state index in [4.69, 9.17) is 0 Å². The molecule has 3 rings (SSSR count). The summed E-state index contributed by atoms with van der Waals surface area (Å²) in [5.74, 6) is 5.32. The van der Waals surface area contributed by atoms with Gasteiger partial charge in [0, 0.05) is 10.5 Å². The summed E-state index contributed by atoms with van der Waals surface area (Å²) in [5.41, 5.74) is 0. The molecule has 0 saturated heterocycles. The Morgan fingerprint density at radius 1 is 0.720 bits per heavy atom. The van der Waals surface area contributed by atoms with Crippen molar-refractivity contribution < 1.29 is 0 Å². The van der Waals surface area contributed by atoms with Crippen LogP contribution in [0, 0.1) is 29.6 Å². The van der Waals surface area contributed by atoms with Gasteiger partial charge in [-0.3, -0.25) is 0 Å². The highest BCUT2D eigenvalue weighted by atomic mass is 32.2. The molecule has 6 unspecified atom stereocenters. The molecule has 3 aliphatic carbocycles. The zero-order valence-corrected chi connectivity index (χ0v) is 18.2. The molecule has 0 nitrogen and oxygen atoms in total. The second kappa shape index (κ2) is 10.0. The molecule has 0 aromatic rings. The van der Waals surface area contributed by atoms with Gasteiger partial charge in [-0.1, -0.05) is 72.1 Å². The van der Waals surface area contributed by atoms with E-state index in [9.17, 15) is 0 Å². The van der Waals surface area contributed by atoms with Crippen molar-refractivity contribution in [2.75, 3.05) is 0 Å². The molecule has 0 bridgehead atoms. The maximum atomic E-state index is 2.60. The predicted molar refractivity (Wildman–Crippen MR) is 114 cm³/mol. The van der Waals surface area contributed by atoms with Crippen LogP contribution in [0.3, 0.4) is 0 Å². The van der Waals surface area contributed by atoms with E-state index in [1.165, 1.54) is 51.4 Å². The van der Waals surface area contributed by atoms with Crippen LogP contribution in [0.5, 0.6) is 0 Å². The summed E-state index contributed by atoms with van der Waals surface area (Å²) in [6, 6.07) is 0. The van der Waals surface area contributed by atoms with Crippen molar-refractivity contribution in [1.82, 2.24) is 0 Å². The van der Waals surface area contributed by atoms with Crippen LogP contribution in [0.15, 0.2) is 0 Å². The van der Waals surface area contributed by atoms with Crippen LogP contribution in [-0.4, -0.2) is 10.5 Å². The van der Waals surface area contributed by atoms with Gasteiger partial charge in [-0.25, -0.2) is 0 Å². The van der Waals surface area contributed by atoms with Crippen molar-refractivity contribution in [2.45, 2.75) is 121 Å². The van der Waals surface area contributed by atoms with E-state index in [2.05, 4.69) is 32.5 Å². The molecule has 146 valence electrons. The lowest BCUT2D eigenvalue weighted by atomic mass is 9.59. The molecule has 3 saturated carbocycles. The van der Waals surface area contributed by atoms with Crippen molar-refractivity contribution >= 4 is 11.8 Å². The molecule has 0 N–H and O–H groups in total. The monoisotopic (exact) mass is 364 g/mol. The van der Waals surface area contributed by atoms with Crippen LogP contribution in [-0.2, 0) is 0 Å². The van der Waals surface area contributed by atoms with Gasteiger partial charge < -0.3 is 0 Å². The summed E-state index contributed by atoms with van der Waals surface area (Å²) in [7, 11) is 0. The Bertz CT molecular complexity index is 370. The quantitative estimate of drug-likeness (QED) is 0.439. The van der Waals surface area contributed by atoms with Crippen LogP contribution in [0.25, 0.3) is 0 Å². The lowest BCUT2D eigenvalue weighted by Crippen LogP contribution is -2.42. The van der Waals surface area contributed by atoms with Crippen molar-refractivity contribution in [3.05, 3.63) is 0 Å². The number of thioether (sulfide) groups is 1. The highest BCUT2D eigenvalue weighted by Crippen LogP contribution is 2.53. The van der Waals surface area contributed by atoms with Gasteiger partial charge in [0.1, 0.15) is 0 Å². The average molecular weight is 365 g/mol. The van der Waals surface area contributed by atoms with E-state index in [0.717, 1.165) is 40.1 Å². The molecular formula is C24H44S. The molecule has 0 spiro atoms. The SMILES string of the molecule is CCCC(CCC)SC1C(C)CCCC1C1CCCC2CCCCC21. The molecule has 0 heterocycles. The fourth-order valence-electron chi connectivity index (χ4n) is 6.79. The van der Waals surface area contributed by atoms with Gasteiger partial charge in [-0.2, -0.15) is 11.8 Å². The lowest BCUT2D eigenvalue weighted by Gasteiger charge is -2.50. The first kappa shape index (κ1) is 20.1.